The Morgan fingerprint density at radius 1 is 1.54 bits per heavy atom. The molecule has 1 aromatic rings. The van der Waals surface area contributed by atoms with Gasteiger partial charge in [0.15, 0.2) is 0 Å². The Morgan fingerprint density at radius 2 is 2.31 bits per heavy atom. The largest absolute Gasteiger partial charge is 0.490 e. The Balaban J connectivity index is 2.43. The summed E-state index contributed by atoms with van der Waals surface area (Å²) in [4.78, 5) is 0. The first-order valence-electron chi connectivity index (χ1n) is 4.38. The molecular weight excluding hydrogens is 230 g/mol. The molecule has 0 aromatic heterocycles. The predicted octanol–water partition coefficient (Wildman–Crippen LogP) is 2.62. The molecule has 3 heteroatoms. The zero-order valence-electron chi connectivity index (χ0n) is 7.46. The zero-order valence-corrected chi connectivity index (χ0v) is 9.04. The Morgan fingerprint density at radius 3 is 3.08 bits per heavy atom. The fourth-order valence-corrected chi connectivity index (χ4v) is 2.01. The molecule has 0 aliphatic carbocycles. The van der Waals surface area contributed by atoms with E-state index in [1.807, 2.05) is 25.1 Å². The van der Waals surface area contributed by atoms with Gasteiger partial charge in [-0.1, -0.05) is 22.0 Å². The van der Waals surface area contributed by atoms with Crippen LogP contribution in [0.3, 0.4) is 0 Å². The summed E-state index contributed by atoms with van der Waals surface area (Å²) in [5.74, 6) is 0.917. The molecule has 0 amide bonds. The summed E-state index contributed by atoms with van der Waals surface area (Å²) in [7, 11) is 0. The third kappa shape index (κ3) is 1.71. The van der Waals surface area contributed by atoms with E-state index in [1.54, 1.807) is 0 Å². The van der Waals surface area contributed by atoms with Gasteiger partial charge in [-0.15, -0.1) is 0 Å². The number of fused-ring (bicyclic) bond motifs is 1. The van der Waals surface area contributed by atoms with E-state index in [1.165, 1.54) is 0 Å². The van der Waals surface area contributed by atoms with Crippen LogP contribution in [0.2, 0.25) is 0 Å². The van der Waals surface area contributed by atoms with Gasteiger partial charge in [0.1, 0.15) is 5.75 Å². The van der Waals surface area contributed by atoms with Crippen LogP contribution in [-0.4, -0.2) is 6.10 Å². The number of halogens is 1. The first kappa shape index (κ1) is 9.03. The van der Waals surface area contributed by atoms with Crippen LogP contribution in [0.4, 0.5) is 0 Å². The van der Waals surface area contributed by atoms with Crippen molar-refractivity contribution in [1.82, 2.24) is 0 Å². The normalized spacial score (nSPS) is 26.4. The van der Waals surface area contributed by atoms with Gasteiger partial charge in [0.2, 0.25) is 0 Å². The average Bonchev–Trinajstić information content (AvgIpc) is 2.02. The molecule has 0 saturated heterocycles. The summed E-state index contributed by atoms with van der Waals surface area (Å²) in [5.41, 5.74) is 7.10. The molecule has 0 fully saturated rings. The van der Waals surface area contributed by atoms with E-state index in [0.717, 1.165) is 22.2 Å². The molecule has 0 saturated carbocycles. The summed E-state index contributed by atoms with van der Waals surface area (Å²) in [6, 6.07) is 6.12. The van der Waals surface area contributed by atoms with Gasteiger partial charge in [0, 0.05) is 22.5 Å². The molecule has 2 rings (SSSR count). The Bertz CT molecular complexity index is 327. The summed E-state index contributed by atoms with van der Waals surface area (Å²) in [6.07, 6.45) is 1.12. The molecule has 1 aromatic carbocycles. The van der Waals surface area contributed by atoms with Gasteiger partial charge < -0.3 is 10.5 Å². The Labute approximate surface area is 86.2 Å². The second-order valence-electron chi connectivity index (χ2n) is 3.45. The molecular formula is C10H12BrNO. The molecule has 0 bridgehead atoms. The fourth-order valence-electron chi connectivity index (χ4n) is 1.67. The van der Waals surface area contributed by atoms with Gasteiger partial charge in [0.05, 0.1) is 6.10 Å². The van der Waals surface area contributed by atoms with Crippen LogP contribution in [0.15, 0.2) is 22.7 Å². The number of rotatable bonds is 0. The zero-order chi connectivity index (χ0) is 9.42. The Kier molecular flexibility index (Phi) is 2.30. The smallest absolute Gasteiger partial charge is 0.125 e. The van der Waals surface area contributed by atoms with Crippen LogP contribution in [0.25, 0.3) is 0 Å². The number of ether oxygens (including phenoxy) is 1. The molecule has 2 N–H and O–H groups in total. The van der Waals surface area contributed by atoms with Crippen LogP contribution in [0.5, 0.6) is 5.75 Å². The third-order valence-electron chi connectivity index (χ3n) is 2.29. The van der Waals surface area contributed by atoms with Crippen molar-refractivity contribution in [3.8, 4) is 5.75 Å². The van der Waals surface area contributed by atoms with E-state index in [-0.39, 0.29) is 12.1 Å². The van der Waals surface area contributed by atoms with Crippen LogP contribution in [-0.2, 0) is 0 Å². The molecule has 13 heavy (non-hydrogen) atoms. The number of hydrogen-bond acceptors (Lipinski definition) is 2. The average molecular weight is 242 g/mol. The van der Waals surface area contributed by atoms with Gasteiger partial charge in [-0.2, -0.15) is 0 Å². The van der Waals surface area contributed by atoms with Crippen molar-refractivity contribution >= 4 is 15.9 Å². The molecule has 2 nitrogen and oxygen atoms in total. The van der Waals surface area contributed by atoms with E-state index >= 15 is 0 Å². The SMILES string of the molecule is CC1C[C@H](N)c2ccc(Br)cc2O1. The highest BCUT2D eigenvalue weighted by Crippen LogP contribution is 2.34. The maximum absolute atomic E-state index is 5.99. The van der Waals surface area contributed by atoms with Gasteiger partial charge in [0.25, 0.3) is 0 Å². The maximum Gasteiger partial charge on any atom is 0.125 e. The molecule has 0 radical (unpaired) electrons. The van der Waals surface area contributed by atoms with Crippen molar-refractivity contribution in [2.24, 2.45) is 5.73 Å². The summed E-state index contributed by atoms with van der Waals surface area (Å²) >= 11 is 3.41. The minimum absolute atomic E-state index is 0.117. The molecule has 70 valence electrons. The van der Waals surface area contributed by atoms with Crippen molar-refractivity contribution in [3.05, 3.63) is 28.2 Å². The second-order valence-corrected chi connectivity index (χ2v) is 4.37. The van der Waals surface area contributed by atoms with Crippen LogP contribution >= 0.6 is 15.9 Å². The van der Waals surface area contributed by atoms with Gasteiger partial charge in [-0.25, -0.2) is 0 Å². The van der Waals surface area contributed by atoms with Crippen molar-refractivity contribution in [2.45, 2.75) is 25.5 Å². The quantitative estimate of drug-likeness (QED) is 0.758. The monoisotopic (exact) mass is 241 g/mol. The van der Waals surface area contributed by atoms with E-state index in [4.69, 9.17) is 10.5 Å². The van der Waals surface area contributed by atoms with E-state index in [9.17, 15) is 0 Å². The molecule has 1 aliphatic rings. The lowest BCUT2D eigenvalue weighted by Gasteiger charge is -2.28. The fraction of sp³-hybridized carbons (Fsp3) is 0.400. The molecule has 1 aliphatic heterocycles. The molecule has 0 spiro atoms. The number of benzene rings is 1. The van der Waals surface area contributed by atoms with Gasteiger partial charge >= 0.3 is 0 Å². The minimum Gasteiger partial charge on any atom is -0.490 e. The number of nitrogens with two attached hydrogens (primary N) is 1. The van der Waals surface area contributed by atoms with Crippen molar-refractivity contribution in [1.29, 1.82) is 0 Å². The summed E-state index contributed by atoms with van der Waals surface area (Å²) in [5, 5.41) is 0. The summed E-state index contributed by atoms with van der Waals surface area (Å²) < 4.78 is 6.71. The van der Waals surface area contributed by atoms with E-state index < -0.39 is 0 Å². The first-order chi connectivity index (χ1) is 6.16. The Hall–Kier alpha value is -0.540. The van der Waals surface area contributed by atoms with Crippen LogP contribution in [0, 0.1) is 0 Å². The van der Waals surface area contributed by atoms with Gasteiger partial charge in [-0.3, -0.25) is 0 Å². The topological polar surface area (TPSA) is 35.2 Å². The molecule has 2 atom stereocenters. The standard InChI is InChI=1S/C10H12BrNO/c1-6-4-9(12)8-3-2-7(11)5-10(8)13-6/h2-3,5-6,9H,4,12H2,1H3/t6?,9-/m0/s1. The van der Waals surface area contributed by atoms with Gasteiger partial charge in [-0.05, 0) is 19.1 Å². The van der Waals surface area contributed by atoms with Crippen molar-refractivity contribution in [3.63, 3.8) is 0 Å². The molecule has 1 unspecified atom stereocenters. The highest BCUT2D eigenvalue weighted by atomic mass is 79.9. The second kappa shape index (κ2) is 3.31. The van der Waals surface area contributed by atoms with Crippen LogP contribution < -0.4 is 10.5 Å². The van der Waals surface area contributed by atoms with E-state index in [0.29, 0.717) is 0 Å². The maximum atomic E-state index is 5.99. The molecule has 1 heterocycles. The van der Waals surface area contributed by atoms with Crippen molar-refractivity contribution in [2.75, 3.05) is 0 Å². The van der Waals surface area contributed by atoms with Crippen molar-refractivity contribution < 1.29 is 4.74 Å². The highest BCUT2D eigenvalue weighted by molar-refractivity contribution is 9.10. The lowest BCUT2D eigenvalue weighted by Crippen LogP contribution is -2.27. The van der Waals surface area contributed by atoms with Crippen LogP contribution in [0.1, 0.15) is 24.9 Å². The lowest BCUT2D eigenvalue weighted by atomic mass is 9.98. The lowest BCUT2D eigenvalue weighted by molar-refractivity contribution is 0.177. The minimum atomic E-state index is 0.117. The predicted molar refractivity (Wildman–Crippen MR) is 55.8 cm³/mol. The highest BCUT2D eigenvalue weighted by Gasteiger charge is 2.22. The first-order valence-corrected chi connectivity index (χ1v) is 5.18. The number of hydrogen-bond donors (Lipinski definition) is 1. The van der Waals surface area contributed by atoms with E-state index in [2.05, 4.69) is 15.9 Å². The third-order valence-corrected chi connectivity index (χ3v) is 2.78. The summed E-state index contributed by atoms with van der Waals surface area (Å²) in [6.45, 7) is 2.05.